The highest BCUT2D eigenvalue weighted by atomic mass is 79.9. The Morgan fingerprint density at radius 2 is 1.71 bits per heavy atom. The molecule has 1 amide bonds. The highest BCUT2D eigenvalue weighted by molar-refractivity contribution is 9.10. The minimum absolute atomic E-state index is 0.128. The van der Waals surface area contributed by atoms with Crippen molar-refractivity contribution in [3.05, 3.63) is 82.0 Å². The molecule has 0 spiro atoms. The SMILES string of the molecule is O=C(c1cnn2c1N[C@@H](c1ccc(Br)cc1)C[C@H]2C(F)(F)F)N1CCN(Cc2ccccc2)CC1. The predicted octanol–water partition coefficient (Wildman–Crippen LogP) is 5.26. The van der Waals surface area contributed by atoms with Crippen LogP contribution in [0, 0.1) is 0 Å². The van der Waals surface area contributed by atoms with Crippen molar-refractivity contribution in [1.82, 2.24) is 19.6 Å². The molecule has 2 aromatic carbocycles. The first-order valence-electron chi connectivity index (χ1n) is 11.5. The summed E-state index contributed by atoms with van der Waals surface area (Å²) in [5, 5.41) is 7.17. The quantitative estimate of drug-likeness (QED) is 0.483. The Morgan fingerprint density at radius 1 is 1.03 bits per heavy atom. The number of amides is 1. The number of fused-ring (bicyclic) bond motifs is 1. The van der Waals surface area contributed by atoms with Crippen molar-refractivity contribution in [2.75, 3.05) is 31.5 Å². The van der Waals surface area contributed by atoms with Gasteiger partial charge in [-0.15, -0.1) is 0 Å². The van der Waals surface area contributed by atoms with Gasteiger partial charge in [-0.05, 0) is 23.3 Å². The molecular weight excluding hydrogens is 523 g/mol. The molecule has 2 aliphatic heterocycles. The molecule has 6 nitrogen and oxygen atoms in total. The van der Waals surface area contributed by atoms with Crippen molar-refractivity contribution in [3.8, 4) is 0 Å². The van der Waals surface area contributed by atoms with Gasteiger partial charge >= 0.3 is 6.18 Å². The summed E-state index contributed by atoms with van der Waals surface area (Å²) in [6, 6.07) is 14.9. The maximum absolute atomic E-state index is 14.0. The smallest absolute Gasteiger partial charge is 0.363 e. The van der Waals surface area contributed by atoms with E-state index in [9.17, 15) is 18.0 Å². The highest BCUT2D eigenvalue weighted by Gasteiger charge is 2.47. The van der Waals surface area contributed by atoms with Crippen LogP contribution in [0.4, 0.5) is 19.0 Å². The summed E-state index contributed by atoms with van der Waals surface area (Å²) in [6.45, 7) is 3.22. The molecule has 2 aliphatic rings. The van der Waals surface area contributed by atoms with Crippen LogP contribution in [-0.4, -0.2) is 57.8 Å². The van der Waals surface area contributed by atoms with Gasteiger partial charge in [-0.2, -0.15) is 18.3 Å². The Kier molecular flexibility index (Phi) is 6.59. The molecule has 0 radical (unpaired) electrons. The molecule has 1 saturated heterocycles. The van der Waals surface area contributed by atoms with E-state index in [0.717, 1.165) is 21.3 Å². The van der Waals surface area contributed by atoms with Gasteiger partial charge in [0.25, 0.3) is 5.91 Å². The number of hydrogen-bond donors (Lipinski definition) is 1. The van der Waals surface area contributed by atoms with Crippen LogP contribution in [-0.2, 0) is 6.54 Å². The number of anilines is 1. The van der Waals surface area contributed by atoms with E-state index in [-0.39, 0.29) is 23.7 Å². The number of benzene rings is 2. The van der Waals surface area contributed by atoms with E-state index < -0.39 is 18.3 Å². The van der Waals surface area contributed by atoms with Crippen molar-refractivity contribution < 1.29 is 18.0 Å². The number of carbonyl (C=O) groups excluding carboxylic acids is 1. The molecular formula is C25H25BrF3N5O. The van der Waals surface area contributed by atoms with E-state index >= 15 is 0 Å². The highest BCUT2D eigenvalue weighted by Crippen LogP contribution is 2.44. The van der Waals surface area contributed by atoms with Crippen LogP contribution in [0.2, 0.25) is 0 Å². The van der Waals surface area contributed by atoms with E-state index in [1.807, 2.05) is 18.2 Å². The van der Waals surface area contributed by atoms with Crippen molar-refractivity contribution in [2.45, 2.75) is 31.2 Å². The molecule has 3 aromatic rings. The summed E-state index contributed by atoms with van der Waals surface area (Å²) in [7, 11) is 0. The van der Waals surface area contributed by atoms with Gasteiger partial charge in [-0.3, -0.25) is 9.69 Å². The molecule has 1 aromatic heterocycles. The fourth-order valence-electron chi connectivity index (χ4n) is 4.75. The molecule has 35 heavy (non-hydrogen) atoms. The molecule has 1 fully saturated rings. The summed E-state index contributed by atoms with van der Waals surface area (Å²) in [4.78, 5) is 17.3. The van der Waals surface area contributed by atoms with Crippen molar-refractivity contribution in [1.29, 1.82) is 0 Å². The third-order valence-corrected chi connectivity index (χ3v) is 7.18. The largest absolute Gasteiger partial charge is 0.410 e. The van der Waals surface area contributed by atoms with Crippen LogP contribution >= 0.6 is 15.9 Å². The number of aromatic nitrogens is 2. The first kappa shape index (κ1) is 23.9. The van der Waals surface area contributed by atoms with Crippen molar-refractivity contribution >= 4 is 27.7 Å². The predicted molar refractivity (Wildman–Crippen MR) is 130 cm³/mol. The van der Waals surface area contributed by atoms with Crippen LogP contribution in [0.3, 0.4) is 0 Å². The van der Waals surface area contributed by atoms with Crippen molar-refractivity contribution in [3.63, 3.8) is 0 Å². The van der Waals surface area contributed by atoms with Crippen LogP contribution in [0.1, 0.15) is 40.0 Å². The second-order valence-electron chi connectivity index (χ2n) is 8.95. The van der Waals surface area contributed by atoms with Gasteiger partial charge in [0.15, 0.2) is 6.04 Å². The van der Waals surface area contributed by atoms with E-state index in [1.54, 1.807) is 29.2 Å². The number of piperazine rings is 1. The van der Waals surface area contributed by atoms with Gasteiger partial charge in [0, 0.05) is 43.6 Å². The maximum Gasteiger partial charge on any atom is 0.410 e. The van der Waals surface area contributed by atoms with Gasteiger partial charge in [0.2, 0.25) is 0 Å². The van der Waals surface area contributed by atoms with Crippen LogP contribution in [0.15, 0.2) is 65.3 Å². The minimum Gasteiger partial charge on any atom is -0.363 e. The Balaban J connectivity index is 1.34. The number of hydrogen-bond acceptors (Lipinski definition) is 4. The summed E-state index contributed by atoms with van der Waals surface area (Å²) < 4.78 is 43.7. The average molecular weight is 548 g/mol. The fraction of sp³-hybridized carbons (Fsp3) is 0.360. The standard InChI is InChI=1S/C25H25BrF3N5O/c26-19-8-6-18(7-9-19)21-14-22(25(27,28)29)34-23(31-21)20(15-30-34)24(35)33-12-10-32(11-13-33)16-17-4-2-1-3-5-17/h1-9,15,21-22,31H,10-14,16H2/t21-,22+/m1/s1. The van der Waals surface area contributed by atoms with Gasteiger partial charge in [0.05, 0.1) is 12.2 Å². The lowest BCUT2D eigenvalue weighted by Crippen LogP contribution is -2.48. The van der Waals surface area contributed by atoms with Crippen LogP contribution < -0.4 is 5.32 Å². The summed E-state index contributed by atoms with van der Waals surface area (Å²) in [5.74, 6) is -0.168. The molecule has 0 saturated carbocycles. The summed E-state index contributed by atoms with van der Waals surface area (Å²) >= 11 is 3.36. The number of nitrogens with zero attached hydrogens (tertiary/aromatic N) is 4. The van der Waals surface area contributed by atoms with Gasteiger partial charge in [-0.1, -0.05) is 58.4 Å². The topological polar surface area (TPSA) is 53.4 Å². The van der Waals surface area contributed by atoms with E-state index in [0.29, 0.717) is 26.2 Å². The zero-order valence-electron chi connectivity index (χ0n) is 18.9. The Bertz CT molecular complexity index is 1170. The third-order valence-electron chi connectivity index (χ3n) is 6.65. The molecule has 3 heterocycles. The second-order valence-corrected chi connectivity index (χ2v) is 9.86. The van der Waals surface area contributed by atoms with Crippen LogP contribution in [0.25, 0.3) is 0 Å². The Labute approximate surface area is 209 Å². The monoisotopic (exact) mass is 547 g/mol. The van der Waals surface area contributed by atoms with Gasteiger partial charge in [-0.25, -0.2) is 4.68 Å². The fourth-order valence-corrected chi connectivity index (χ4v) is 5.02. The molecule has 5 rings (SSSR count). The van der Waals surface area contributed by atoms with E-state index in [2.05, 4.69) is 43.4 Å². The van der Waals surface area contributed by atoms with Gasteiger partial charge in [0.1, 0.15) is 11.4 Å². The molecule has 0 bridgehead atoms. The lowest BCUT2D eigenvalue weighted by atomic mass is 9.96. The summed E-state index contributed by atoms with van der Waals surface area (Å²) in [6.07, 6.45) is -3.42. The number of nitrogens with one attached hydrogen (secondary N) is 1. The summed E-state index contributed by atoms with van der Waals surface area (Å²) in [5.41, 5.74) is 2.11. The zero-order valence-corrected chi connectivity index (χ0v) is 20.5. The maximum atomic E-state index is 14.0. The molecule has 1 N–H and O–H groups in total. The normalized spacial score (nSPS) is 20.9. The number of rotatable bonds is 4. The number of alkyl halides is 3. The Morgan fingerprint density at radius 3 is 2.37 bits per heavy atom. The molecule has 10 heteroatoms. The van der Waals surface area contributed by atoms with E-state index in [4.69, 9.17) is 0 Å². The second kappa shape index (κ2) is 9.66. The Hall–Kier alpha value is -2.85. The minimum atomic E-state index is -4.49. The average Bonchev–Trinajstić information content (AvgIpc) is 3.28. The zero-order chi connectivity index (χ0) is 24.6. The lowest BCUT2D eigenvalue weighted by Gasteiger charge is -2.36. The number of halogens is 4. The first-order chi connectivity index (χ1) is 16.8. The van der Waals surface area contributed by atoms with Gasteiger partial charge < -0.3 is 10.2 Å². The third kappa shape index (κ3) is 5.08. The molecule has 0 unspecified atom stereocenters. The molecule has 2 atom stereocenters. The number of carbonyl (C=O) groups is 1. The van der Waals surface area contributed by atoms with Crippen LogP contribution in [0.5, 0.6) is 0 Å². The first-order valence-corrected chi connectivity index (χ1v) is 12.3. The van der Waals surface area contributed by atoms with Crippen molar-refractivity contribution in [2.24, 2.45) is 0 Å². The molecule has 0 aliphatic carbocycles. The molecule has 184 valence electrons. The lowest BCUT2D eigenvalue weighted by molar-refractivity contribution is -0.173. The van der Waals surface area contributed by atoms with E-state index in [1.165, 1.54) is 11.8 Å².